The number of nitrogens with zero attached hydrogens (tertiary/aromatic N) is 1. The minimum absolute atomic E-state index is 0.0926. The summed E-state index contributed by atoms with van der Waals surface area (Å²) in [7, 11) is 0. The first-order valence-corrected chi connectivity index (χ1v) is 10.4. The maximum absolute atomic E-state index is 12.7. The minimum atomic E-state index is 0.0926. The number of hydrogen-bond donors (Lipinski definition) is 0. The molecule has 0 aliphatic heterocycles. The van der Waals surface area contributed by atoms with Crippen molar-refractivity contribution in [3.8, 4) is 0 Å². The van der Waals surface area contributed by atoms with E-state index in [2.05, 4.69) is 29.8 Å². The molecule has 0 bridgehead atoms. The summed E-state index contributed by atoms with van der Waals surface area (Å²) in [4.78, 5) is 17.1. The number of carbonyl (C=O) groups is 1. The van der Waals surface area contributed by atoms with Crippen molar-refractivity contribution in [2.24, 2.45) is 5.92 Å². The Balaban J connectivity index is 1.57. The average Bonchev–Trinajstić information content (AvgIpc) is 3.26. The summed E-state index contributed by atoms with van der Waals surface area (Å²) in [5, 5.41) is 4.12. The molecule has 2 aromatic heterocycles. The van der Waals surface area contributed by atoms with Gasteiger partial charge in [0.25, 0.3) is 0 Å². The lowest BCUT2D eigenvalue weighted by Crippen LogP contribution is -2.34. The molecule has 0 radical (unpaired) electrons. The topological polar surface area (TPSA) is 29.5 Å². The van der Waals surface area contributed by atoms with Crippen LogP contribution in [-0.4, -0.2) is 23.5 Å². The maximum Gasteiger partial charge on any atom is 0.249 e. The molecule has 0 aromatic carbocycles. The summed E-state index contributed by atoms with van der Waals surface area (Å²) >= 11 is 3.39. The molecule has 130 valence electrons. The zero-order chi connectivity index (χ0) is 16.8. The van der Waals surface area contributed by atoms with Gasteiger partial charge in [0.1, 0.15) is 6.61 Å². The van der Waals surface area contributed by atoms with E-state index < -0.39 is 0 Å². The lowest BCUT2D eigenvalue weighted by molar-refractivity contribution is -0.140. The standard InChI is InChI=1S/C19H25NO2S2/c1-15-5-2-6-16(11-15)22-14-19(21)20(12-17-7-3-9-23-17)13-18-8-4-10-24-18/h3-4,7-10,15-16H,2,5-6,11-14H2,1H3. The molecular weight excluding hydrogens is 338 g/mol. The zero-order valence-corrected chi connectivity index (χ0v) is 15.8. The molecule has 1 amide bonds. The highest BCUT2D eigenvalue weighted by atomic mass is 32.1. The van der Waals surface area contributed by atoms with Crippen molar-refractivity contribution in [2.45, 2.75) is 51.8 Å². The lowest BCUT2D eigenvalue weighted by atomic mass is 9.89. The number of hydrogen-bond acceptors (Lipinski definition) is 4. The fraction of sp³-hybridized carbons (Fsp3) is 0.526. The third kappa shape index (κ3) is 5.16. The van der Waals surface area contributed by atoms with Crippen molar-refractivity contribution >= 4 is 28.6 Å². The third-order valence-corrected chi connectivity index (χ3v) is 6.26. The van der Waals surface area contributed by atoms with Crippen LogP contribution < -0.4 is 0 Å². The first-order valence-electron chi connectivity index (χ1n) is 8.65. The van der Waals surface area contributed by atoms with Crippen LogP contribution in [0.1, 0.15) is 42.4 Å². The Hall–Kier alpha value is -1.17. The molecule has 3 rings (SSSR count). The molecule has 2 atom stereocenters. The minimum Gasteiger partial charge on any atom is -0.368 e. The lowest BCUT2D eigenvalue weighted by Gasteiger charge is -2.28. The molecule has 1 saturated carbocycles. The summed E-state index contributed by atoms with van der Waals surface area (Å²) in [5.74, 6) is 0.808. The van der Waals surface area contributed by atoms with Crippen LogP contribution in [0, 0.1) is 5.92 Å². The van der Waals surface area contributed by atoms with Crippen LogP contribution in [0.25, 0.3) is 0 Å². The van der Waals surface area contributed by atoms with Gasteiger partial charge in [-0.05, 0) is 41.7 Å². The largest absolute Gasteiger partial charge is 0.368 e. The van der Waals surface area contributed by atoms with Crippen LogP contribution in [0.5, 0.6) is 0 Å². The van der Waals surface area contributed by atoms with Gasteiger partial charge in [0.2, 0.25) is 5.91 Å². The Morgan fingerprint density at radius 3 is 2.38 bits per heavy atom. The fourth-order valence-electron chi connectivity index (χ4n) is 3.22. The second-order valence-corrected chi connectivity index (χ2v) is 8.68. The second-order valence-electron chi connectivity index (χ2n) is 6.61. The first-order chi connectivity index (χ1) is 11.7. The van der Waals surface area contributed by atoms with Crippen LogP contribution in [0.4, 0.5) is 0 Å². The average molecular weight is 364 g/mol. The summed E-state index contributed by atoms with van der Waals surface area (Å²) in [5.41, 5.74) is 0. The number of rotatable bonds is 7. The van der Waals surface area contributed by atoms with Gasteiger partial charge in [-0.3, -0.25) is 4.79 Å². The third-order valence-electron chi connectivity index (χ3n) is 4.54. The van der Waals surface area contributed by atoms with E-state index in [-0.39, 0.29) is 18.6 Å². The molecule has 1 aliphatic rings. The number of carbonyl (C=O) groups excluding carboxylic acids is 1. The summed E-state index contributed by atoms with van der Waals surface area (Å²) in [6.45, 7) is 3.81. The van der Waals surface area contributed by atoms with Crippen molar-refractivity contribution in [1.29, 1.82) is 0 Å². The fourth-order valence-corrected chi connectivity index (χ4v) is 4.66. The van der Waals surface area contributed by atoms with Crippen LogP contribution in [0.3, 0.4) is 0 Å². The molecule has 24 heavy (non-hydrogen) atoms. The van der Waals surface area contributed by atoms with Gasteiger partial charge < -0.3 is 9.64 Å². The van der Waals surface area contributed by atoms with Gasteiger partial charge in [0.05, 0.1) is 19.2 Å². The molecule has 2 unspecified atom stereocenters. The van der Waals surface area contributed by atoms with Crippen molar-refractivity contribution in [3.05, 3.63) is 44.8 Å². The van der Waals surface area contributed by atoms with E-state index >= 15 is 0 Å². The van der Waals surface area contributed by atoms with Crippen LogP contribution in [0.2, 0.25) is 0 Å². The normalized spacial score (nSPS) is 20.9. The molecular formula is C19H25NO2S2. The van der Waals surface area contributed by atoms with Crippen LogP contribution >= 0.6 is 22.7 Å². The van der Waals surface area contributed by atoms with E-state index in [0.29, 0.717) is 19.0 Å². The monoisotopic (exact) mass is 363 g/mol. The number of thiophene rings is 2. The first kappa shape index (κ1) is 17.6. The Morgan fingerprint density at radius 1 is 1.17 bits per heavy atom. The Kier molecular flexibility index (Phi) is 6.46. The molecule has 2 aromatic rings. The van der Waals surface area contributed by atoms with E-state index in [9.17, 15) is 4.79 Å². The van der Waals surface area contributed by atoms with Crippen molar-refractivity contribution in [2.75, 3.05) is 6.61 Å². The van der Waals surface area contributed by atoms with Gasteiger partial charge in [0, 0.05) is 9.75 Å². The smallest absolute Gasteiger partial charge is 0.249 e. The highest BCUT2D eigenvalue weighted by molar-refractivity contribution is 7.10. The van der Waals surface area contributed by atoms with Crippen molar-refractivity contribution in [3.63, 3.8) is 0 Å². The molecule has 0 saturated heterocycles. The highest BCUT2D eigenvalue weighted by Gasteiger charge is 2.22. The van der Waals surface area contributed by atoms with Crippen LogP contribution in [-0.2, 0) is 22.6 Å². The quantitative estimate of drug-likeness (QED) is 0.698. The molecule has 5 heteroatoms. The van der Waals surface area contributed by atoms with Gasteiger partial charge in [-0.25, -0.2) is 0 Å². The molecule has 2 heterocycles. The zero-order valence-electron chi connectivity index (χ0n) is 14.1. The van der Waals surface area contributed by atoms with E-state index in [1.54, 1.807) is 22.7 Å². The van der Waals surface area contributed by atoms with Gasteiger partial charge >= 0.3 is 0 Å². The summed E-state index contributed by atoms with van der Waals surface area (Å²) < 4.78 is 5.95. The van der Waals surface area contributed by atoms with Gasteiger partial charge in [-0.1, -0.05) is 31.9 Å². The number of ether oxygens (including phenoxy) is 1. The molecule has 1 aliphatic carbocycles. The summed E-state index contributed by atoms with van der Waals surface area (Å²) in [6.07, 6.45) is 4.93. The maximum atomic E-state index is 12.7. The Morgan fingerprint density at radius 2 is 1.83 bits per heavy atom. The van der Waals surface area contributed by atoms with Gasteiger partial charge in [-0.2, -0.15) is 0 Å². The molecule has 0 spiro atoms. The SMILES string of the molecule is CC1CCCC(OCC(=O)N(Cc2cccs2)Cc2cccs2)C1. The predicted molar refractivity (Wildman–Crippen MR) is 100 cm³/mol. The van der Waals surface area contributed by atoms with E-state index in [4.69, 9.17) is 4.74 Å². The Bertz CT molecular complexity index is 573. The second kappa shape index (κ2) is 8.79. The Labute approximate surface area is 152 Å². The number of amides is 1. The van der Waals surface area contributed by atoms with Gasteiger partial charge in [-0.15, -0.1) is 22.7 Å². The molecule has 1 fully saturated rings. The summed E-state index contributed by atoms with van der Waals surface area (Å²) in [6, 6.07) is 8.24. The van der Waals surface area contributed by atoms with Crippen LogP contribution in [0.15, 0.2) is 35.0 Å². The van der Waals surface area contributed by atoms with E-state index in [1.165, 1.54) is 22.6 Å². The van der Waals surface area contributed by atoms with E-state index in [1.807, 2.05) is 17.0 Å². The van der Waals surface area contributed by atoms with Crippen molar-refractivity contribution < 1.29 is 9.53 Å². The van der Waals surface area contributed by atoms with E-state index in [0.717, 1.165) is 12.8 Å². The predicted octanol–water partition coefficient (Wildman–Crippen LogP) is 4.93. The molecule has 3 nitrogen and oxygen atoms in total. The molecule has 0 N–H and O–H groups in total. The highest BCUT2D eigenvalue weighted by Crippen LogP contribution is 2.26. The van der Waals surface area contributed by atoms with Crippen molar-refractivity contribution in [1.82, 2.24) is 4.90 Å². The van der Waals surface area contributed by atoms with Gasteiger partial charge in [0.15, 0.2) is 0 Å².